The fourth-order valence-corrected chi connectivity index (χ4v) is 8.50. The third-order valence-electron chi connectivity index (χ3n) is 12.0. The smallest absolute Gasteiger partial charge is 0.462 e. The molecular weight excluding hydrogens is 822 g/mol. The summed E-state index contributed by atoms with van der Waals surface area (Å²) in [6.45, 7) is 4.42. The minimum atomic E-state index is -4.39. The molecule has 0 bridgehead atoms. The monoisotopic (exact) mass is 927 g/mol. The van der Waals surface area contributed by atoms with Crippen LogP contribution >= 0.6 is 7.82 Å². The molecule has 0 amide bonds. The van der Waals surface area contributed by atoms with Gasteiger partial charge in [0.2, 0.25) is 0 Å². The minimum Gasteiger partial charge on any atom is -0.462 e. The Morgan fingerprint density at radius 1 is 0.484 bits per heavy atom. The topological polar surface area (TPSA) is 108 Å². The molecular formula is C54H105NO8P+. The molecule has 0 spiro atoms. The Balaban J connectivity index is 4.20. The van der Waals surface area contributed by atoms with E-state index in [0.29, 0.717) is 17.4 Å². The van der Waals surface area contributed by atoms with Gasteiger partial charge in [0.05, 0.1) is 27.7 Å². The van der Waals surface area contributed by atoms with Crippen LogP contribution in [0.3, 0.4) is 0 Å². The van der Waals surface area contributed by atoms with Crippen LogP contribution in [0.15, 0.2) is 24.3 Å². The predicted molar refractivity (Wildman–Crippen MR) is 271 cm³/mol. The van der Waals surface area contributed by atoms with Crippen LogP contribution in [0.25, 0.3) is 0 Å². The highest BCUT2D eigenvalue weighted by molar-refractivity contribution is 7.47. The number of carbonyl (C=O) groups is 2. The van der Waals surface area contributed by atoms with E-state index in [4.69, 9.17) is 18.5 Å². The van der Waals surface area contributed by atoms with E-state index in [0.717, 1.165) is 38.5 Å². The first-order valence-corrected chi connectivity index (χ1v) is 28.6. The van der Waals surface area contributed by atoms with E-state index in [-0.39, 0.29) is 32.0 Å². The fraction of sp³-hybridized carbons (Fsp3) is 0.889. The number of ether oxygens (including phenoxy) is 2. The molecule has 0 aromatic heterocycles. The van der Waals surface area contributed by atoms with E-state index in [2.05, 4.69) is 38.2 Å². The van der Waals surface area contributed by atoms with E-state index in [9.17, 15) is 19.0 Å². The number of likely N-dealkylation sites (N-methyl/N-ethyl adjacent to an activating group) is 1. The molecule has 0 aromatic rings. The van der Waals surface area contributed by atoms with Crippen LogP contribution in [-0.4, -0.2) is 74.9 Å². The molecule has 0 aromatic carbocycles. The standard InChI is InChI=1S/C54H104NO8P/c1-6-8-10-12-14-16-18-20-22-24-25-26-27-28-29-31-32-34-36-38-40-42-44-46-53(56)60-50-52(51-62-64(58,59)61-49-48-55(3,4)5)63-54(57)47-45-43-41-39-37-35-33-30-23-21-19-17-15-13-11-9-7-2/h33,35,39,41,52H,6-32,34,36-38,40,42-51H2,1-5H3/p+1/b35-33+,41-39+/t52-/m0/s1. The summed E-state index contributed by atoms with van der Waals surface area (Å²) in [5, 5.41) is 0. The van der Waals surface area contributed by atoms with Gasteiger partial charge in [-0.3, -0.25) is 18.6 Å². The van der Waals surface area contributed by atoms with Gasteiger partial charge in [-0.25, -0.2) is 4.57 Å². The van der Waals surface area contributed by atoms with E-state index in [1.807, 2.05) is 21.1 Å². The molecule has 1 unspecified atom stereocenters. The quantitative estimate of drug-likeness (QED) is 0.0211. The number of nitrogens with zero attached hydrogens (tertiary/aromatic N) is 1. The zero-order chi connectivity index (χ0) is 47.1. The molecule has 0 heterocycles. The van der Waals surface area contributed by atoms with E-state index < -0.39 is 26.5 Å². The lowest BCUT2D eigenvalue weighted by Gasteiger charge is -2.24. The summed E-state index contributed by atoms with van der Waals surface area (Å²) in [4.78, 5) is 35.5. The van der Waals surface area contributed by atoms with Crippen LogP contribution in [-0.2, 0) is 32.7 Å². The van der Waals surface area contributed by atoms with Gasteiger partial charge >= 0.3 is 19.8 Å². The molecule has 9 nitrogen and oxygen atoms in total. The highest BCUT2D eigenvalue weighted by atomic mass is 31.2. The molecule has 2 atom stereocenters. The van der Waals surface area contributed by atoms with Gasteiger partial charge in [-0.05, 0) is 38.5 Å². The van der Waals surface area contributed by atoms with Gasteiger partial charge in [-0.1, -0.05) is 231 Å². The molecule has 0 aliphatic heterocycles. The van der Waals surface area contributed by atoms with Crippen molar-refractivity contribution in [1.29, 1.82) is 0 Å². The summed E-state index contributed by atoms with van der Waals surface area (Å²) in [6.07, 6.45) is 53.9. The largest absolute Gasteiger partial charge is 0.472 e. The maximum Gasteiger partial charge on any atom is 0.472 e. The summed E-state index contributed by atoms with van der Waals surface area (Å²) >= 11 is 0. The second kappa shape index (κ2) is 46.6. The second-order valence-electron chi connectivity index (χ2n) is 19.6. The Labute approximate surface area is 396 Å². The van der Waals surface area contributed by atoms with Gasteiger partial charge in [-0.15, -0.1) is 0 Å². The van der Waals surface area contributed by atoms with Gasteiger partial charge in [0.15, 0.2) is 6.10 Å². The first kappa shape index (κ1) is 62.5. The molecule has 1 N–H and O–H groups in total. The summed E-state index contributed by atoms with van der Waals surface area (Å²) in [5.74, 6) is -0.837. The minimum absolute atomic E-state index is 0.0267. The number of rotatable bonds is 50. The lowest BCUT2D eigenvalue weighted by Crippen LogP contribution is -2.37. The number of hydrogen-bond acceptors (Lipinski definition) is 7. The summed E-state index contributed by atoms with van der Waals surface area (Å²) in [7, 11) is 1.46. The van der Waals surface area contributed by atoms with Crippen molar-refractivity contribution < 1.29 is 42.1 Å². The fourth-order valence-electron chi connectivity index (χ4n) is 7.76. The summed E-state index contributed by atoms with van der Waals surface area (Å²) in [6, 6.07) is 0. The molecule has 64 heavy (non-hydrogen) atoms. The number of quaternary nitrogens is 1. The zero-order valence-electron chi connectivity index (χ0n) is 42.8. The number of hydrogen-bond donors (Lipinski definition) is 1. The number of phosphoric acid groups is 1. The van der Waals surface area contributed by atoms with E-state index >= 15 is 0 Å². The van der Waals surface area contributed by atoms with Crippen LogP contribution in [0.5, 0.6) is 0 Å². The Bertz CT molecular complexity index is 1140. The molecule has 0 saturated carbocycles. The van der Waals surface area contributed by atoms with Crippen LogP contribution < -0.4 is 0 Å². The van der Waals surface area contributed by atoms with Gasteiger partial charge in [0.1, 0.15) is 19.8 Å². The summed E-state index contributed by atoms with van der Waals surface area (Å²) < 4.78 is 34.4. The number of carbonyl (C=O) groups excluding carboxylic acids is 2. The SMILES string of the molecule is CCCCCCCCCCC/C=C/C/C=C/CCCC(=O)O[C@@H](COC(=O)CCCCCCCCCCCCCCCCCCCCCCCCC)COP(=O)(O)OCC[N+](C)(C)C. The molecule has 378 valence electrons. The van der Waals surface area contributed by atoms with Crippen molar-refractivity contribution >= 4 is 19.8 Å². The average Bonchev–Trinajstić information content (AvgIpc) is 3.25. The molecule has 0 aliphatic carbocycles. The molecule has 0 rings (SSSR count). The second-order valence-corrected chi connectivity index (χ2v) is 21.1. The average molecular weight is 927 g/mol. The van der Waals surface area contributed by atoms with Crippen molar-refractivity contribution in [3.05, 3.63) is 24.3 Å². The Hall–Kier alpha value is -1.51. The van der Waals surface area contributed by atoms with Crippen LogP contribution in [0, 0.1) is 0 Å². The van der Waals surface area contributed by atoms with Crippen LogP contribution in [0.1, 0.15) is 258 Å². The van der Waals surface area contributed by atoms with Crippen molar-refractivity contribution in [2.75, 3.05) is 47.5 Å². The number of allylic oxidation sites excluding steroid dienone is 4. The first-order chi connectivity index (χ1) is 31.0. The summed E-state index contributed by atoms with van der Waals surface area (Å²) in [5.41, 5.74) is 0. The third-order valence-corrected chi connectivity index (χ3v) is 13.0. The normalized spacial score (nSPS) is 13.5. The van der Waals surface area contributed by atoms with E-state index in [1.165, 1.54) is 186 Å². The molecule has 0 aliphatic rings. The van der Waals surface area contributed by atoms with Gasteiger partial charge < -0.3 is 18.9 Å². The number of phosphoric ester groups is 1. The van der Waals surface area contributed by atoms with Crippen LogP contribution in [0.2, 0.25) is 0 Å². The maximum atomic E-state index is 12.7. The number of unbranched alkanes of at least 4 members (excludes halogenated alkanes) is 32. The maximum absolute atomic E-state index is 12.7. The highest BCUT2D eigenvalue weighted by Gasteiger charge is 2.27. The molecule has 0 radical (unpaired) electrons. The lowest BCUT2D eigenvalue weighted by atomic mass is 10.0. The van der Waals surface area contributed by atoms with E-state index in [1.54, 1.807) is 0 Å². The lowest BCUT2D eigenvalue weighted by molar-refractivity contribution is -0.870. The van der Waals surface area contributed by atoms with Crippen LogP contribution in [0.4, 0.5) is 0 Å². The molecule has 10 heteroatoms. The van der Waals surface area contributed by atoms with Crippen molar-refractivity contribution in [3.63, 3.8) is 0 Å². The predicted octanol–water partition coefficient (Wildman–Crippen LogP) is 16.3. The first-order valence-electron chi connectivity index (χ1n) is 27.1. The highest BCUT2D eigenvalue weighted by Crippen LogP contribution is 2.43. The van der Waals surface area contributed by atoms with Gasteiger partial charge in [-0.2, -0.15) is 0 Å². The molecule has 0 saturated heterocycles. The Kier molecular flexibility index (Phi) is 45.5. The molecule has 0 fully saturated rings. The Morgan fingerprint density at radius 3 is 1.28 bits per heavy atom. The van der Waals surface area contributed by atoms with Gasteiger partial charge in [0, 0.05) is 12.8 Å². The third kappa shape index (κ3) is 49.9. The van der Waals surface area contributed by atoms with Gasteiger partial charge in [0.25, 0.3) is 0 Å². The number of esters is 2. The van der Waals surface area contributed by atoms with Crippen molar-refractivity contribution in [3.8, 4) is 0 Å². The van der Waals surface area contributed by atoms with Crippen molar-refractivity contribution in [2.24, 2.45) is 0 Å². The Morgan fingerprint density at radius 2 is 0.859 bits per heavy atom. The van der Waals surface area contributed by atoms with Crippen molar-refractivity contribution in [2.45, 2.75) is 264 Å². The van der Waals surface area contributed by atoms with Crippen molar-refractivity contribution in [1.82, 2.24) is 0 Å². The zero-order valence-corrected chi connectivity index (χ0v) is 43.7.